The van der Waals surface area contributed by atoms with Crippen LogP contribution in [0.1, 0.15) is 49.9 Å². The molecular formula is C23H24BrF3N10O4. The number of alkyl halides is 3. The molecule has 1 aliphatic heterocycles. The Labute approximate surface area is 237 Å². The predicted octanol–water partition coefficient (Wildman–Crippen LogP) is 3.29. The van der Waals surface area contributed by atoms with Crippen LogP contribution in [0.5, 0.6) is 0 Å². The number of hydrogen-bond acceptors (Lipinski definition) is 11. The third kappa shape index (κ3) is 6.75. The highest BCUT2D eigenvalue weighted by Gasteiger charge is 2.38. The summed E-state index contributed by atoms with van der Waals surface area (Å²) >= 11 is 3.45. The zero-order valence-electron chi connectivity index (χ0n) is 21.6. The van der Waals surface area contributed by atoms with Crippen molar-refractivity contribution >= 4 is 43.9 Å². The lowest BCUT2D eigenvalue weighted by molar-refractivity contribution is -0.192. The van der Waals surface area contributed by atoms with E-state index in [9.17, 15) is 18.0 Å². The fraction of sp³-hybridized carbons (Fsp3) is 0.435. The van der Waals surface area contributed by atoms with Gasteiger partial charge in [0.1, 0.15) is 23.8 Å². The number of nitrogens with two attached hydrogens (primary N) is 1. The van der Waals surface area contributed by atoms with Crippen molar-refractivity contribution in [1.29, 1.82) is 0 Å². The van der Waals surface area contributed by atoms with Gasteiger partial charge in [0.15, 0.2) is 0 Å². The van der Waals surface area contributed by atoms with Gasteiger partial charge in [-0.25, -0.2) is 24.2 Å². The second kappa shape index (κ2) is 12.5. The topological polar surface area (TPSA) is 193 Å². The number of nitrogens with zero attached hydrogens (tertiary/aromatic N) is 9. The van der Waals surface area contributed by atoms with Gasteiger partial charge in [-0.1, -0.05) is 24.9 Å². The lowest BCUT2D eigenvalue weighted by Crippen LogP contribution is -2.23. The summed E-state index contributed by atoms with van der Waals surface area (Å²) in [5.41, 5.74) is 6.93. The summed E-state index contributed by atoms with van der Waals surface area (Å²) in [5.74, 6) is 0.153. The molecule has 5 rings (SSSR count). The number of halogens is 4. The van der Waals surface area contributed by atoms with E-state index in [1.807, 2.05) is 4.57 Å². The second-order valence-electron chi connectivity index (χ2n) is 8.87. The SMILES string of the molecule is CCCCCn1c2c(c(=O)n3c(CCCc4nc(-c5cncnc5N)no4)nnc13)CC(Br)=N2.O=C(O)C(F)(F)F. The molecule has 0 amide bonds. The first-order chi connectivity index (χ1) is 19.5. The molecule has 0 spiro atoms. The summed E-state index contributed by atoms with van der Waals surface area (Å²) in [6.07, 6.45) is 3.17. The van der Waals surface area contributed by atoms with E-state index in [1.54, 1.807) is 10.6 Å². The van der Waals surface area contributed by atoms with Crippen LogP contribution in [0, 0.1) is 0 Å². The van der Waals surface area contributed by atoms with Gasteiger partial charge in [0.05, 0.1) is 15.7 Å². The number of fused-ring (bicyclic) bond motifs is 2. The second-order valence-corrected chi connectivity index (χ2v) is 9.79. The fourth-order valence-electron chi connectivity index (χ4n) is 4.02. The maximum Gasteiger partial charge on any atom is 0.490 e. The summed E-state index contributed by atoms with van der Waals surface area (Å²) in [4.78, 5) is 39.0. The number of aryl methyl sites for hydroxylation is 3. The molecule has 5 heterocycles. The highest BCUT2D eigenvalue weighted by molar-refractivity contribution is 9.18. The van der Waals surface area contributed by atoms with Crippen LogP contribution in [0.4, 0.5) is 24.8 Å². The van der Waals surface area contributed by atoms with E-state index >= 15 is 0 Å². The molecule has 218 valence electrons. The maximum absolute atomic E-state index is 13.3. The largest absolute Gasteiger partial charge is 0.490 e. The molecule has 14 nitrogen and oxygen atoms in total. The van der Waals surface area contributed by atoms with Crippen molar-refractivity contribution in [3.63, 3.8) is 0 Å². The average molecular weight is 641 g/mol. The van der Waals surface area contributed by atoms with E-state index in [0.29, 0.717) is 65.9 Å². The first-order valence-electron chi connectivity index (χ1n) is 12.4. The molecule has 4 aromatic heterocycles. The first-order valence-corrected chi connectivity index (χ1v) is 13.2. The van der Waals surface area contributed by atoms with Crippen LogP contribution in [0.15, 0.2) is 26.8 Å². The van der Waals surface area contributed by atoms with Crippen molar-refractivity contribution in [3.8, 4) is 11.4 Å². The molecule has 0 unspecified atom stereocenters. The van der Waals surface area contributed by atoms with Crippen LogP contribution >= 0.6 is 15.9 Å². The van der Waals surface area contributed by atoms with Crippen LogP contribution in [0.25, 0.3) is 17.2 Å². The van der Waals surface area contributed by atoms with Gasteiger partial charge in [0.2, 0.25) is 17.5 Å². The minimum absolute atomic E-state index is 0.116. The smallest absolute Gasteiger partial charge is 0.475 e. The van der Waals surface area contributed by atoms with Gasteiger partial charge < -0.3 is 15.4 Å². The average Bonchev–Trinajstić information content (AvgIpc) is 3.65. The van der Waals surface area contributed by atoms with Crippen molar-refractivity contribution in [3.05, 3.63) is 40.2 Å². The Hall–Kier alpha value is -4.22. The predicted molar refractivity (Wildman–Crippen MR) is 142 cm³/mol. The maximum atomic E-state index is 13.3. The van der Waals surface area contributed by atoms with Crippen molar-refractivity contribution < 1.29 is 27.6 Å². The standard InChI is InChI=1S/C21H23BrN10O2.C2HF3O2/c1-2-3-4-8-31-19-12(9-14(22)26-19)20(33)32-15(28-29-21(31)32)6-5-7-16-27-18(30-34-16)13-10-24-11-25-17(13)23;3-2(4,5)1(6)7/h10-11H,2-9H2,1H3,(H2,23,24,25);(H,6,7). The van der Waals surface area contributed by atoms with E-state index in [0.717, 1.165) is 30.4 Å². The number of rotatable bonds is 9. The number of aliphatic imine (C=N–C) groups is 1. The molecule has 0 radical (unpaired) electrons. The number of nitrogen functional groups attached to an aromatic ring is 1. The summed E-state index contributed by atoms with van der Waals surface area (Å²) < 4.78 is 41.5. The molecule has 0 aromatic carbocycles. The van der Waals surface area contributed by atoms with Crippen molar-refractivity contribution in [1.82, 2.24) is 39.3 Å². The van der Waals surface area contributed by atoms with E-state index in [4.69, 9.17) is 20.2 Å². The Morgan fingerprint density at radius 1 is 1.22 bits per heavy atom. The number of unbranched alkanes of at least 4 members (excludes halogenated alkanes) is 2. The van der Waals surface area contributed by atoms with E-state index in [-0.39, 0.29) is 11.4 Å². The molecule has 4 aromatic rings. The van der Waals surface area contributed by atoms with Gasteiger partial charge >= 0.3 is 12.1 Å². The molecule has 0 atom stereocenters. The number of carboxylic acids is 1. The molecule has 18 heteroatoms. The monoisotopic (exact) mass is 640 g/mol. The molecule has 1 aliphatic rings. The molecular weight excluding hydrogens is 617 g/mol. The summed E-state index contributed by atoms with van der Waals surface area (Å²) in [6.45, 7) is 2.89. The lowest BCUT2D eigenvalue weighted by Gasteiger charge is -2.12. The molecule has 3 N–H and O–H groups in total. The lowest BCUT2D eigenvalue weighted by atomic mass is 10.2. The Bertz CT molecular complexity index is 1650. The molecule has 0 saturated carbocycles. The van der Waals surface area contributed by atoms with Crippen LogP contribution < -0.4 is 11.3 Å². The van der Waals surface area contributed by atoms with Crippen LogP contribution in [-0.2, 0) is 30.6 Å². The minimum atomic E-state index is -5.08. The number of hydrogen-bond donors (Lipinski definition) is 2. The first kappa shape index (κ1) is 29.8. The Morgan fingerprint density at radius 2 is 1.98 bits per heavy atom. The van der Waals surface area contributed by atoms with Gasteiger partial charge in [-0.05, 0) is 28.8 Å². The number of aromatic nitrogens is 8. The molecule has 0 fully saturated rings. The summed E-state index contributed by atoms with van der Waals surface area (Å²) in [6, 6.07) is 0. The van der Waals surface area contributed by atoms with Gasteiger partial charge in [-0.2, -0.15) is 18.2 Å². The number of aliphatic carboxylic acids is 1. The highest BCUT2D eigenvalue weighted by atomic mass is 79.9. The van der Waals surface area contributed by atoms with Crippen LogP contribution in [0.3, 0.4) is 0 Å². The molecule has 0 aliphatic carbocycles. The third-order valence-corrected chi connectivity index (χ3v) is 6.42. The van der Waals surface area contributed by atoms with Gasteiger partial charge in [0.25, 0.3) is 5.56 Å². The summed E-state index contributed by atoms with van der Waals surface area (Å²) in [5, 5.41) is 19.8. The Morgan fingerprint density at radius 3 is 2.66 bits per heavy atom. The molecule has 0 bridgehead atoms. The molecule has 41 heavy (non-hydrogen) atoms. The zero-order valence-corrected chi connectivity index (χ0v) is 23.2. The van der Waals surface area contributed by atoms with E-state index in [1.165, 1.54) is 6.33 Å². The zero-order chi connectivity index (χ0) is 29.7. The normalized spacial score (nSPS) is 12.7. The highest BCUT2D eigenvalue weighted by Crippen LogP contribution is 2.28. The summed E-state index contributed by atoms with van der Waals surface area (Å²) in [7, 11) is 0. The van der Waals surface area contributed by atoms with Crippen LogP contribution in [0.2, 0.25) is 0 Å². The van der Waals surface area contributed by atoms with E-state index < -0.39 is 12.1 Å². The van der Waals surface area contributed by atoms with Crippen molar-refractivity contribution in [2.24, 2.45) is 4.99 Å². The van der Waals surface area contributed by atoms with Crippen LogP contribution in [-0.4, -0.2) is 61.1 Å². The third-order valence-electron chi connectivity index (χ3n) is 5.96. The van der Waals surface area contributed by atoms with Crippen molar-refractivity contribution in [2.75, 3.05) is 5.73 Å². The fourth-order valence-corrected chi connectivity index (χ4v) is 4.47. The van der Waals surface area contributed by atoms with Gasteiger partial charge in [-0.3, -0.25) is 9.36 Å². The molecule has 0 saturated heterocycles. The van der Waals surface area contributed by atoms with Gasteiger partial charge in [-0.15, -0.1) is 10.2 Å². The quantitative estimate of drug-likeness (QED) is 0.255. The Balaban J connectivity index is 0.000000493. The minimum Gasteiger partial charge on any atom is -0.475 e. The number of anilines is 1. The van der Waals surface area contributed by atoms with Gasteiger partial charge in [0, 0.05) is 32.0 Å². The number of carboxylic acid groups (broad SMARTS) is 1. The Kier molecular flexibility index (Phi) is 9.09. The number of carbonyl (C=O) groups is 1. The van der Waals surface area contributed by atoms with Crippen molar-refractivity contribution in [2.45, 2.75) is 64.6 Å². The van der Waals surface area contributed by atoms with E-state index in [2.05, 4.69) is 58.2 Å².